The Balaban J connectivity index is 0.000000368. The quantitative estimate of drug-likeness (QED) is 0.457. The predicted molar refractivity (Wildman–Crippen MR) is 108 cm³/mol. The minimum Gasteiger partial charge on any atom is -0.350 e. The summed E-state index contributed by atoms with van der Waals surface area (Å²) in [7, 11) is -0.446. The molecule has 0 amide bonds. The summed E-state index contributed by atoms with van der Waals surface area (Å²) in [5, 5.41) is 4.19. The second-order valence-corrected chi connectivity index (χ2v) is 7.42. The van der Waals surface area contributed by atoms with Gasteiger partial charge in [0.1, 0.15) is 12.1 Å². The van der Waals surface area contributed by atoms with Crippen LogP contribution in [0.4, 0.5) is 0 Å². The maximum absolute atomic E-state index is 4.99. The molecule has 0 atom stereocenters. The molecule has 4 heteroatoms. The molecule has 0 aliphatic rings. The fraction of sp³-hybridized carbons (Fsp3) is 0.100. The summed E-state index contributed by atoms with van der Waals surface area (Å²) in [5.41, 5.74) is 0. The third-order valence-electron chi connectivity index (χ3n) is 3.20. The second kappa shape index (κ2) is 11.2. The second-order valence-electron chi connectivity index (χ2n) is 4.76. The maximum Gasteiger partial charge on any atom is 0.122 e. The average molecular weight is 377 g/mol. The Bertz CT molecular complexity index is 582. The largest absolute Gasteiger partial charge is 0.350 e. The third kappa shape index (κ3) is 5.92. The number of halogens is 2. The van der Waals surface area contributed by atoms with Crippen molar-refractivity contribution in [3.8, 4) is 0 Å². The number of benzene rings is 3. The number of hydrogen-bond acceptors (Lipinski definition) is 1. The van der Waals surface area contributed by atoms with Crippen molar-refractivity contribution in [2.24, 2.45) is 0 Å². The van der Waals surface area contributed by atoms with E-state index in [0.717, 1.165) is 0 Å². The molecule has 0 aliphatic carbocycles. The van der Waals surface area contributed by atoms with E-state index in [0.29, 0.717) is 0 Å². The van der Waals surface area contributed by atoms with E-state index >= 15 is 0 Å². The maximum atomic E-state index is 4.99. The van der Waals surface area contributed by atoms with Gasteiger partial charge in [-0.1, -0.05) is 114 Å². The van der Waals surface area contributed by atoms with Crippen molar-refractivity contribution in [1.29, 1.82) is 0 Å². The van der Waals surface area contributed by atoms with Gasteiger partial charge in [0.2, 0.25) is 0 Å². The molecule has 0 saturated heterocycles. The molecule has 0 bridgehead atoms. The summed E-state index contributed by atoms with van der Waals surface area (Å²) in [4.78, 5) is 0. The van der Waals surface area contributed by atoms with E-state index in [2.05, 4.69) is 95.7 Å². The van der Waals surface area contributed by atoms with Gasteiger partial charge in [-0.05, 0) is 23.8 Å². The molecule has 0 N–H and O–H groups in total. The third-order valence-corrected chi connectivity index (χ3v) is 5.95. The van der Waals surface area contributed by atoms with E-state index in [-0.39, 0.29) is 12.1 Å². The van der Waals surface area contributed by atoms with Crippen LogP contribution in [-0.2, 0) is 4.74 Å². The smallest absolute Gasteiger partial charge is 0.122 e. The van der Waals surface area contributed by atoms with Gasteiger partial charge in [-0.15, -0.1) is 0 Å². The van der Waals surface area contributed by atoms with Crippen molar-refractivity contribution in [1.82, 2.24) is 0 Å². The molecule has 124 valence electrons. The summed E-state index contributed by atoms with van der Waals surface area (Å²) < 4.78 is 4.36. The summed E-state index contributed by atoms with van der Waals surface area (Å²) >= 11 is 9.99. The zero-order valence-electron chi connectivity index (χ0n) is 13.2. The van der Waals surface area contributed by atoms with E-state index in [1.807, 2.05) is 0 Å². The fourth-order valence-corrected chi connectivity index (χ4v) is 4.75. The van der Waals surface area contributed by atoms with Crippen LogP contribution in [0.5, 0.6) is 0 Å². The van der Waals surface area contributed by atoms with Crippen LogP contribution in [-0.4, -0.2) is 12.1 Å². The average Bonchev–Trinajstić information content (AvgIpc) is 2.66. The van der Waals surface area contributed by atoms with Crippen LogP contribution >= 0.6 is 31.1 Å². The van der Waals surface area contributed by atoms with Crippen LogP contribution in [0, 0.1) is 0 Å². The minimum atomic E-state index is -0.446. The van der Waals surface area contributed by atoms with Crippen LogP contribution in [0.15, 0.2) is 91.0 Å². The summed E-state index contributed by atoms with van der Waals surface area (Å²) in [5.74, 6) is 0. The Kier molecular flexibility index (Phi) is 8.87. The Hall–Kier alpha value is -1.37. The zero-order valence-corrected chi connectivity index (χ0v) is 15.6. The van der Waals surface area contributed by atoms with Crippen molar-refractivity contribution >= 4 is 47.0 Å². The first kappa shape index (κ1) is 19.0. The van der Waals surface area contributed by atoms with Gasteiger partial charge in [-0.3, -0.25) is 0 Å². The summed E-state index contributed by atoms with van der Waals surface area (Å²) in [6, 6.07) is 32.7. The van der Waals surface area contributed by atoms with Gasteiger partial charge in [-0.2, -0.15) is 0 Å². The van der Waals surface area contributed by atoms with Crippen LogP contribution in [0.2, 0.25) is 0 Å². The van der Waals surface area contributed by atoms with Gasteiger partial charge in [0.25, 0.3) is 0 Å². The highest BCUT2D eigenvalue weighted by Crippen LogP contribution is 2.32. The Morgan fingerprint density at radius 2 is 0.833 bits per heavy atom. The highest BCUT2D eigenvalue weighted by Gasteiger charge is 2.14. The van der Waals surface area contributed by atoms with Gasteiger partial charge >= 0.3 is 0 Å². The lowest BCUT2D eigenvalue weighted by Crippen LogP contribution is -2.20. The standard InChI is InChI=1S/C18H15P.C2H4Cl2O/c1-4-10-16(11-5-1)19(17-12-6-2-7-13-17)18-14-8-3-9-15-18;3-1-5-2-4/h1-15H;1-2H2. The summed E-state index contributed by atoms with van der Waals surface area (Å²) in [6.07, 6.45) is 0. The highest BCUT2D eigenvalue weighted by atomic mass is 35.5. The number of ether oxygens (including phenoxy) is 1. The normalized spacial score (nSPS) is 10.1. The van der Waals surface area contributed by atoms with E-state index in [1.165, 1.54) is 15.9 Å². The van der Waals surface area contributed by atoms with Gasteiger partial charge < -0.3 is 4.74 Å². The lowest BCUT2D eigenvalue weighted by Gasteiger charge is -2.18. The van der Waals surface area contributed by atoms with Crippen LogP contribution in [0.3, 0.4) is 0 Å². The molecule has 3 aromatic rings. The molecule has 0 radical (unpaired) electrons. The Labute approximate surface area is 155 Å². The molecule has 1 nitrogen and oxygen atoms in total. The molecule has 0 fully saturated rings. The van der Waals surface area contributed by atoms with Crippen molar-refractivity contribution in [3.05, 3.63) is 91.0 Å². The van der Waals surface area contributed by atoms with Gasteiger partial charge in [-0.25, -0.2) is 0 Å². The van der Waals surface area contributed by atoms with E-state index in [1.54, 1.807) is 0 Å². The first-order valence-corrected chi connectivity index (χ1v) is 9.93. The fourth-order valence-electron chi connectivity index (χ4n) is 2.21. The lowest BCUT2D eigenvalue weighted by molar-refractivity contribution is 0.232. The molecule has 0 aliphatic heterocycles. The number of hydrogen-bond donors (Lipinski definition) is 0. The first-order valence-electron chi connectivity index (χ1n) is 7.51. The molecule has 3 aromatic carbocycles. The molecule has 0 unspecified atom stereocenters. The predicted octanol–water partition coefficient (Wildman–Crippen LogP) is 4.84. The minimum absolute atomic E-state index is 0.184. The molecule has 24 heavy (non-hydrogen) atoms. The molecule has 3 rings (SSSR count). The van der Waals surface area contributed by atoms with E-state index in [4.69, 9.17) is 23.2 Å². The first-order chi connectivity index (χ1) is 11.9. The van der Waals surface area contributed by atoms with Crippen molar-refractivity contribution in [3.63, 3.8) is 0 Å². The monoisotopic (exact) mass is 376 g/mol. The Morgan fingerprint density at radius 3 is 1.04 bits per heavy atom. The molecule has 0 spiro atoms. The molecular formula is C20H19Cl2OP. The lowest BCUT2D eigenvalue weighted by atomic mass is 10.4. The van der Waals surface area contributed by atoms with Gasteiger partial charge in [0.05, 0.1) is 0 Å². The zero-order chi connectivity index (χ0) is 17.0. The van der Waals surface area contributed by atoms with Crippen LogP contribution < -0.4 is 15.9 Å². The van der Waals surface area contributed by atoms with E-state index in [9.17, 15) is 0 Å². The van der Waals surface area contributed by atoms with Gasteiger partial charge in [0, 0.05) is 0 Å². The van der Waals surface area contributed by atoms with Crippen molar-refractivity contribution in [2.45, 2.75) is 0 Å². The molecular weight excluding hydrogens is 358 g/mol. The SMILES string of the molecule is ClCOCCl.c1ccc(P(c2ccccc2)c2ccccc2)cc1. The highest BCUT2D eigenvalue weighted by molar-refractivity contribution is 7.79. The number of rotatable bonds is 5. The molecule has 0 heterocycles. The van der Waals surface area contributed by atoms with Crippen molar-refractivity contribution in [2.75, 3.05) is 12.1 Å². The molecule has 0 aromatic heterocycles. The van der Waals surface area contributed by atoms with Crippen LogP contribution in [0.25, 0.3) is 0 Å². The van der Waals surface area contributed by atoms with E-state index < -0.39 is 7.92 Å². The van der Waals surface area contributed by atoms with Crippen molar-refractivity contribution < 1.29 is 4.74 Å². The Morgan fingerprint density at radius 1 is 0.542 bits per heavy atom. The topological polar surface area (TPSA) is 9.23 Å². The van der Waals surface area contributed by atoms with Crippen LogP contribution in [0.1, 0.15) is 0 Å². The molecule has 0 saturated carbocycles. The summed E-state index contributed by atoms with van der Waals surface area (Å²) in [6.45, 7) is 0. The van der Waals surface area contributed by atoms with Gasteiger partial charge in [0.15, 0.2) is 0 Å². The number of alkyl halides is 2.